The first-order valence-corrected chi connectivity index (χ1v) is 10.2. The van der Waals surface area contributed by atoms with Crippen molar-refractivity contribution in [3.63, 3.8) is 0 Å². The van der Waals surface area contributed by atoms with Crippen molar-refractivity contribution in [1.29, 1.82) is 0 Å². The van der Waals surface area contributed by atoms with Gasteiger partial charge in [0.1, 0.15) is 0 Å². The van der Waals surface area contributed by atoms with Gasteiger partial charge in [0.05, 0.1) is 0 Å². The summed E-state index contributed by atoms with van der Waals surface area (Å²) in [6.07, 6.45) is 2.76. The van der Waals surface area contributed by atoms with E-state index in [1.54, 1.807) is 11.8 Å². The zero-order valence-corrected chi connectivity index (χ0v) is 16.2. The second kappa shape index (κ2) is 8.71. The number of carbonyl (C=O) groups excluding carboxylic acids is 1. The second-order valence-corrected chi connectivity index (χ2v) is 7.59. The Morgan fingerprint density at radius 1 is 1.15 bits per heavy atom. The standard InChI is InChI=1S/C21H26N2O2S/c1-22-11-12-23(15-19(22)10-13-24)21(25)18-5-3-4-17(14-18)16-6-8-20(26-2)9-7-16/h3-9,14,19,24H,10-13,15H2,1-2H3/t19-/m0/s1. The molecule has 0 saturated carbocycles. The molecule has 0 bridgehead atoms. The van der Waals surface area contributed by atoms with E-state index >= 15 is 0 Å². The number of benzene rings is 2. The molecule has 0 radical (unpaired) electrons. The van der Waals surface area contributed by atoms with Gasteiger partial charge in [-0.1, -0.05) is 24.3 Å². The highest BCUT2D eigenvalue weighted by Gasteiger charge is 2.27. The quantitative estimate of drug-likeness (QED) is 0.821. The number of likely N-dealkylation sites (N-methyl/N-ethyl adjacent to an activating group) is 1. The lowest BCUT2D eigenvalue weighted by Gasteiger charge is -2.39. The average Bonchev–Trinajstić information content (AvgIpc) is 2.69. The molecule has 2 aromatic rings. The van der Waals surface area contributed by atoms with Crippen LogP contribution in [0.5, 0.6) is 0 Å². The third-order valence-corrected chi connectivity index (χ3v) is 5.80. The Balaban J connectivity index is 1.77. The lowest BCUT2D eigenvalue weighted by molar-refractivity contribution is 0.0500. The molecule has 4 nitrogen and oxygen atoms in total. The maximum atomic E-state index is 13.0. The van der Waals surface area contributed by atoms with E-state index in [2.05, 4.69) is 42.5 Å². The van der Waals surface area contributed by atoms with Crippen LogP contribution in [0.15, 0.2) is 53.4 Å². The summed E-state index contributed by atoms with van der Waals surface area (Å²) in [6.45, 7) is 2.39. The van der Waals surface area contributed by atoms with Crippen LogP contribution in [0, 0.1) is 0 Å². The van der Waals surface area contributed by atoms with Crippen LogP contribution in [0.4, 0.5) is 0 Å². The number of aliphatic hydroxyl groups excluding tert-OH is 1. The van der Waals surface area contributed by atoms with Gasteiger partial charge in [-0.05, 0) is 55.1 Å². The Kier molecular flexibility index (Phi) is 6.35. The summed E-state index contributed by atoms with van der Waals surface area (Å²) >= 11 is 1.72. The lowest BCUT2D eigenvalue weighted by Crippen LogP contribution is -2.53. The molecule has 1 aliphatic rings. The number of amides is 1. The number of hydrogen-bond donors (Lipinski definition) is 1. The monoisotopic (exact) mass is 370 g/mol. The molecule has 0 spiro atoms. The van der Waals surface area contributed by atoms with Crippen LogP contribution < -0.4 is 0 Å². The molecule has 1 atom stereocenters. The van der Waals surface area contributed by atoms with Crippen molar-refractivity contribution in [2.75, 3.05) is 39.5 Å². The SMILES string of the molecule is CSc1ccc(-c2cccc(C(=O)N3CCN(C)[C@@H](CCO)C3)c2)cc1. The molecular formula is C21H26N2O2S. The summed E-state index contributed by atoms with van der Waals surface area (Å²) < 4.78 is 0. The van der Waals surface area contributed by atoms with Gasteiger partial charge in [-0.15, -0.1) is 11.8 Å². The maximum absolute atomic E-state index is 13.0. The molecule has 0 aliphatic carbocycles. The molecule has 1 N–H and O–H groups in total. The summed E-state index contributed by atoms with van der Waals surface area (Å²) in [5, 5.41) is 9.25. The lowest BCUT2D eigenvalue weighted by atomic mass is 10.0. The van der Waals surface area contributed by atoms with Gasteiger partial charge in [-0.3, -0.25) is 9.69 Å². The summed E-state index contributed by atoms with van der Waals surface area (Å²) in [5.74, 6) is 0.0728. The zero-order valence-electron chi connectivity index (χ0n) is 15.4. The van der Waals surface area contributed by atoms with Gasteiger partial charge in [-0.2, -0.15) is 0 Å². The van der Waals surface area contributed by atoms with E-state index in [0.29, 0.717) is 13.0 Å². The van der Waals surface area contributed by atoms with Crippen molar-refractivity contribution in [2.24, 2.45) is 0 Å². The van der Waals surface area contributed by atoms with Gasteiger partial charge < -0.3 is 10.0 Å². The summed E-state index contributed by atoms with van der Waals surface area (Å²) in [7, 11) is 2.06. The first-order chi connectivity index (χ1) is 12.6. The van der Waals surface area contributed by atoms with E-state index in [9.17, 15) is 9.90 Å². The van der Waals surface area contributed by atoms with Crippen LogP contribution in [-0.4, -0.2) is 66.4 Å². The largest absolute Gasteiger partial charge is 0.396 e. The molecule has 0 unspecified atom stereocenters. The van der Waals surface area contributed by atoms with Crippen molar-refractivity contribution in [3.05, 3.63) is 54.1 Å². The molecule has 1 aliphatic heterocycles. The number of hydrogen-bond acceptors (Lipinski definition) is 4. The van der Waals surface area contributed by atoms with E-state index in [0.717, 1.165) is 29.8 Å². The van der Waals surface area contributed by atoms with Gasteiger partial charge in [0.25, 0.3) is 5.91 Å². The molecule has 1 saturated heterocycles. The molecule has 138 valence electrons. The predicted molar refractivity (Wildman–Crippen MR) is 108 cm³/mol. The van der Waals surface area contributed by atoms with Crippen LogP contribution >= 0.6 is 11.8 Å². The Morgan fingerprint density at radius 3 is 2.62 bits per heavy atom. The van der Waals surface area contributed by atoms with Crippen LogP contribution in [0.2, 0.25) is 0 Å². The van der Waals surface area contributed by atoms with Crippen molar-refractivity contribution < 1.29 is 9.90 Å². The van der Waals surface area contributed by atoms with E-state index in [4.69, 9.17) is 0 Å². The fourth-order valence-electron chi connectivity index (χ4n) is 3.39. The van der Waals surface area contributed by atoms with Gasteiger partial charge in [0.15, 0.2) is 0 Å². The molecular weight excluding hydrogens is 344 g/mol. The topological polar surface area (TPSA) is 43.8 Å². The fourth-order valence-corrected chi connectivity index (χ4v) is 3.80. The fraction of sp³-hybridized carbons (Fsp3) is 0.381. The summed E-state index contributed by atoms with van der Waals surface area (Å²) in [4.78, 5) is 18.4. The molecule has 26 heavy (non-hydrogen) atoms. The number of nitrogens with zero attached hydrogens (tertiary/aromatic N) is 2. The maximum Gasteiger partial charge on any atom is 0.253 e. The smallest absolute Gasteiger partial charge is 0.253 e. The number of carbonyl (C=O) groups is 1. The molecule has 1 amide bonds. The van der Waals surface area contributed by atoms with Crippen LogP contribution in [0.25, 0.3) is 11.1 Å². The highest BCUT2D eigenvalue weighted by atomic mass is 32.2. The minimum Gasteiger partial charge on any atom is -0.396 e. The highest BCUT2D eigenvalue weighted by molar-refractivity contribution is 7.98. The average molecular weight is 371 g/mol. The zero-order chi connectivity index (χ0) is 18.5. The first-order valence-electron chi connectivity index (χ1n) is 8.97. The first kappa shape index (κ1) is 19.0. The minimum atomic E-state index is 0.0728. The summed E-state index contributed by atoms with van der Waals surface area (Å²) in [6, 6.07) is 16.5. The predicted octanol–water partition coefficient (Wildman–Crippen LogP) is 3.21. The third kappa shape index (κ3) is 4.29. The van der Waals surface area contributed by atoms with Gasteiger partial charge in [0.2, 0.25) is 0 Å². The van der Waals surface area contributed by atoms with Gasteiger partial charge >= 0.3 is 0 Å². The number of piperazine rings is 1. The van der Waals surface area contributed by atoms with Crippen LogP contribution in [-0.2, 0) is 0 Å². The Bertz CT molecular complexity index is 748. The Hall–Kier alpha value is -1.82. The van der Waals surface area contributed by atoms with E-state index in [-0.39, 0.29) is 18.6 Å². The van der Waals surface area contributed by atoms with Crippen molar-refractivity contribution in [1.82, 2.24) is 9.80 Å². The Morgan fingerprint density at radius 2 is 1.92 bits per heavy atom. The molecule has 2 aromatic carbocycles. The van der Waals surface area contributed by atoms with E-state index in [1.807, 2.05) is 29.2 Å². The molecule has 3 rings (SSSR count). The summed E-state index contributed by atoms with van der Waals surface area (Å²) in [5.41, 5.74) is 2.90. The van der Waals surface area contributed by atoms with Gasteiger partial charge in [-0.25, -0.2) is 0 Å². The van der Waals surface area contributed by atoms with Crippen molar-refractivity contribution in [2.45, 2.75) is 17.4 Å². The number of thioether (sulfide) groups is 1. The van der Waals surface area contributed by atoms with Gasteiger partial charge in [0, 0.05) is 42.7 Å². The molecule has 1 fully saturated rings. The number of aliphatic hydroxyl groups is 1. The van der Waals surface area contributed by atoms with Crippen LogP contribution in [0.1, 0.15) is 16.8 Å². The molecule has 1 heterocycles. The van der Waals surface area contributed by atoms with Crippen LogP contribution in [0.3, 0.4) is 0 Å². The van der Waals surface area contributed by atoms with Crippen molar-refractivity contribution in [3.8, 4) is 11.1 Å². The normalized spacial score (nSPS) is 18.1. The second-order valence-electron chi connectivity index (χ2n) is 6.71. The highest BCUT2D eigenvalue weighted by Crippen LogP contribution is 2.24. The Labute approximate surface area is 159 Å². The number of rotatable bonds is 5. The van der Waals surface area contributed by atoms with Crippen molar-refractivity contribution >= 4 is 17.7 Å². The molecule has 0 aromatic heterocycles. The minimum absolute atomic E-state index is 0.0728. The van der Waals surface area contributed by atoms with E-state index < -0.39 is 0 Å². The van der Waals surface area contributed by atoms with E-state index in [1.165, 1.54) is 4.90 Å². The molecule has 5 heteroatoms. The third-order valence-electron chi connectivity index (χ3n) is 5.06.